The molecule has 0 amide bonds. The summed E-state index contributed by atoms with van der Waals surface area (Å²) in [7, 11) is 0. The van der Waals surface area contributed by atoms with Gasteiger partial charge in [-0.2, -0.15) is 0 Å². The molecule has 209 valence electrons. The summed E-state index contributed by atoms with van der Waals surface area (Å²) >= 11 is 0. The van der Waals surface area contributed by atoms with Gasteiger partial charge in [-0.3, -0.25) is 0 Å². The molecular formula is C40H34IrN-. The van der Waals surface area contributed by atoms with Crippen LogP contribution in [0.15, 0.2) is 146 Å². The maximum atomic E-state index is 4.51. The molecule has 0 aliphatic rings. The van der Waals surface area contributed by atoms with Gasteiger partial charge in [-0.15, -0.1) is 35.4 Å². The molecule has 0 saturated heterocycles. The number of rotatable bonds is 8. The summed E-state index contributed by atoms with van der Waals surface area (Å²) in [5.74, 6) is 0. The van der Waals surface area contributed by atoms with Crippen LogP contribution < -0.4 is 0 Å². The SMILES string of the molecule is CCC(CC)(c1ccccc1)c1ccccc1-c1cccc(-c2cccc(-c3cc[c-]c(-c4ccccn4)c3)c2)c1.[Ir]. The van der Waals surface area contributed by atoms with Crippen molar-refractivity contribution < 1.29 is 20.1 Å². The summed E-state index contributed by atoms with van der Waals surface area (Å²) in [5, 5.41) is 0. The first-order chi connectivity index (χ1) is 20.2. The van der Waals surface area contributed by atoms with Crippen LogP contribution in [0.4, 0.5) is 0 Å². The molecule has 0 unspecified atom stereocenters. The fourth-order valence-electron chi connectivity index (χ4n) is 6.16. The largest absolute Gasteiger partial charge is 0.305 e. The molecule has 0 aliphatic carbocycles. The zero-order valence-electron chi connectivity index (χ0n) is 24.1. The molecule has 0 saturated carbocycles. The Morgan fingerprint density at radius 2 is 1.17 bits per heavy atom. The fourth-order valence-corrected chi connectivity index (χ4v) is 6.16. The van der Waals surface area contributed by atoms with Gasteiger partial charge >= 0.3 is 0 Å². The number of aromatic nitrogens is 1. The van der Waals surface area contributed by atoms with Crippen LogP contribution in [0, 0.1) is 6.07 Å². The normalized spacial score (nSPS) is 11.1. The monoisotopic (exact) mass is 721 g/mol. The molecule has 0 atom stereocenters. The Morgan fingerprint density at radius 3 is 1.83 bits per heavy atom. The summed E-state index contributed by atoms with van der Waals surface area (Å²) in [5.41, 5.74) is 12.0. The van der Waals surface area contributed by atoms with E-state index >= 15 is 0 Å². The van der Waals surface area contributed by atoms with Gasteiger partial charge in [0.25, 0.3) is 0 Å². The van der Waals surface area contributed by atoms with Crippen molar-refractivity contribution >= 4 is 0 Å². The molecule has 0 fully saturated rings. The Balaban J connectivity index is 0.00000353. The molecule has 0 spiro atoms. The van der Waals surface area contributed by atoms with E-state index in [1.54, 1.807) is 0 Å². The Labute approximate surface area is 263 Å². The van der Waals surface area contributed by atoms with Crippen molar-refractivity contribution in [3.63, 3.8) is 0 Å². The Hall–Kier alpha value is -4.10. The van der Waals surface area contributed by atoms with Crippen molar-refractivity contribution in [1.82, 2.24) is 4.98 Å². The average Bonchev–Trinajstić information content (AvgIpc) is 3.07. The van der Waals surface area contributed by atoms with Gasteiger partial charge in [0.1, 0.15) is 0 Å². The maximum absolute atomic E-state index is 4.51. The Morgan fingerprint density at radius 1 is 0.571 bits per heavy atom. The van der Waals surface area contributed by atoms with E-state index in [0.717, 1.165) is 29.7 Å². The third-order valence-corrected chi connectivity index (χ3v) is 8.42. The molecule has 5 aromatic carbocycles. The van der Waals surface area contributed by atoms with Gasteiger partial charge in [-0.05, 0) is 75.7 Å². The van der Waals surface area contributed by atoms with Crippen molar-refractivity contribution in [3.8, 4) is 44.6 Å². The molecule has 42 heavy (non-hydrogen) atoms. The van der Waals surface area contributed by atoms with Crippen LogP contribution in [0.2, 0.25) is 0 Å². The van der Waals surface area contributed by atoms with E-state index in [-0.39, 0.29) is 25.5 Å². The molecule has 1 radical (unpaired) electrons. The summed E-state index contributed by atoms with van der Waals surface area (Å²) in [6.07, 6.45) is 3.91. The van der Waals surface area contributed by atoms with Crippen LogP contribution in [0.25, 0.3) is 44.6 Å². The van der Waals surface area contributed by atoms with Crippen molar-refractivity contribution in [2.45, 2.75) is 32.1 Å². The molecule has 1 aromatic heterocycles. The molecule has 0 bridgehead atoms. The van der Waals surface area contributed by atoms with Gasteiger partial charge < -0.3 is 4.98 Å². The van der Waals surface area contributed by atoms with Crippen LogP contribution in [-0.2, 0) is 25.5 Å². The molecule has 1 nitrogen and oxygen atoms in total. The number of hydrogen-bond donors (Lipinski definition) is 0. The van der Waals surface area contributed by atoms with E-state index < -0.39 is 0 Å². The number of hydrogen-bond acceptors (Lipinski definition) is 1. The zero-order valence-corrected chi connectivity index (χ0v) is 26.4. The molecule has 2 heteroatoms. The van der Waals surface area contributed by atoms with Crippen LogP contribution >= 0.6 is 0 Å². The molecule has 0 N–H and O–H groups in total. The first-order valence-corrected chi connectivity index (χ1v) is 14.5. The number of pyridine rings is 1. The second-order valence-electron chi connectivity index (χ2n) is 10.6. The second kappa shape index (κ2) is 13.3. The topological polar surface area (TPSA) is 12.9 Å². The van der Waals surface area contributed by atoms with Crippen LogP contribution in [0.5, 0.6) is 0 Å². The van der Waals surface area contributed by atoms with Crippen LogP contribution in [0.1, 0.15) is 37.8 Å². The van der Waals surface area contributed by atoms with Crippen molar-refractivity contribution in [1.29, 1.82) is 0 Å². The van der Waals surface area contributed by atoms with Crippen molar-refractivity contribution in [2.24, 2.45) is 0 Å². The zero-order chi connectivity index (χ0) is 28.1. The van der Waals surface area contributed by atoms with E-state index in [2.05, 4.69) is 140 Å². The van der Waals surface area contributed by atoms with Crippen molar-refractivity contribution in [3.05, 3.63) is 163 Å². The molecule has 6 rings (SSSR count). The first-order valence-electron chi connectivity index (χ1n) is 14.5. The van der Waals surface area contributed by atoms with Crippen LogP contribution in [-0.4, -0.2) is 4.98 Å². The third-order valence-electron chi connectivity index (χ3n) is 8.42. The standard InChI is InChI=1S/C40H34N.Ir/c1-3-40(4-2,36-21-6-5-7-22-36)38-24-9-8-23-37(38)34-19-13-17-32(28-34)30-15-12-16-31(27-30)33-18-14-20-35(29-33)39-25-10-11-26-41-39;/h5-19,21-29H,3-4H2,1-2H3;/q-1;. The molecule has 6 aromatic rings. The minimum absolute atomic E-state index is 0. The van der Waals surface area contributed by atoms with Gasteiger partial charge in [0.05, 0.1) is 0 Å². The minimum atomic E-state index is -0.0383. The number of benzene rings is 5. The summed E-state index contributed by atoms with van der Waals surface area (Å²) in [4.78, 5) is 4.51. The first kappa shape index (κ1) is 29.4. The van der Waals surface area contributed by atoms with E-state index in [4.69, 9.17) is 0 Å². The average molecular weight is 721 g/mol. The van der Waals surface area contributed by atoms with Gasteiger partial charge in [-0.25, -0.2) is 0 Å². The second-order valence-corrected chi connectivity index (χ2v) is 10.6. The third kappa shape index (κ3) is 5.79. The molecule has 0 aliphatic heterocycles. The van der Waals surface area contributed by atoms with Gasteiger partial charge in [0.15, 0.2) is 0 Å². The van der Waals surface area contributed by atoms with Gasteiger partial charge in [-0.1, -0.05) is 117 Å². The summed E-state index contributed by atoms with van der Waals surface area (Å²) in [6, 6.07) is 53.4. The predicted molar refractivity (Wildman–Crippen MR) is 173 cm³/mol. The Bertz CT molecular complexity index is 1750. The maximum Gasteiger partial charge on any atom is 0.0203 e. The molecular weight excluding hydrogens is 687 g/mol. The van der Waals surface area contributed by atoms with E-state index in [1.807, 2.05) is 30.5 Å². The van der Waals surface area contributed by atoms with Crippen LogP contribution in [0.3, 0.4) is 0 Å². The predicted octanol–water partition coefficient (Wildman–Crippen LogP) is 10.7. The fraction of sp³-hybridized carbons (Fsp3) is 0.125. The minimum Gasteiger partial charge on any atom is -0.305 e. The van der Waals surface area contributed by atoms with E-state index in [9.17, 15) is 0 Å². The van der Waals surface area contributed by atoms with Crippen molar-refractivity contribution in [2.75, 3.05) is 0 Å². The summed E-state index contributed by atoms with van der Waals surface area (Å²) in [6.45, 7) is 4.63. The quantitative estimate of drug-likeness (QED) is 0.143. The van der Waals surface area contributed by atoms with E-state index in [0.29, 0.717) is 0 Å². The Kier molecular flexibility index (Phi) is 9.28. The van der Waals surface area contributed by atoms with Gasteiger partial charge in [0.2, 0.25) is 0 Å². The van der Waals surface area contributed by atoms with E-state index in [1.165, 1.54) is 38.9 Å². The van der Waals surface area contributed by atoms with Gasteiger partial charge in [0, 0.05) is 31.7 Å². The summed E-state index contributed by atoms with van der Waals surface area (Å²) < 4.78 is 0. The molecule has 1 heterocycles. The number of nitrogens with zero attached hydrogens (tertiary/aromatic N) is 1. The smallest absolute Gasteiger partial charge is 0.0203 e.